The maximum atomic E-state index is 6.25. The smallest absolute Gasteiger partial charge is 0.0960 e. The van der Waals surface area contributed by atoms with Crippen molar-refractivity contribution in [3.05, 3.63) is 34.3 Å². The van der Waals surface area contributed by atoms with E-state index in [2.05, 4.69) is 53.3 Å². The molecule has 3 nitrogen and oxygen atoms in total. The third-order valence-electron chi connectivity index (χ3n) is 3.84. The van der Waals surface area contributed by atoms with Crippen LogP contribution < -0.4 is 5.32 Å². The molecule has 1 fully saturated rings. The van der Waals surface area contributed by atoms with Gasteiger partial charge in [0.05, 0.1) is 12.7 Å². The van der Waals surface area contributed by atoms with Crippen LogP contribution in [0.5, 0.6) is 0 Å². The number of rotatable bonds is 7. The van der Waals surface area contributed by atoms with E-state index in [-0.39, 0.29) is 6.10 Å². The fourth-order valence-electron chi connectivity index (χ4n) is 2.50. The SMILES string of the molecule is CC(C)NCC(OCC1CCOCC1)c1ccccc1Br. The van der Waals surface area contributed by atoms with Crippen molar-refractivity contribution in [2.75, 3.05) is 26.4 Å². The molecule has 21 heavy (non-hydrogen) atoms. The van der Waals surface area contributed by atoms with Crippen molar-refractivity contribution in [1.82, 2.24) is 5.32 Å². The van der Waals surface area contributed by atoms with Crippen molar-refractivity contribution >= 4 is 15.9 Å². The molecule has 0 bridgehead atoms. The highest BCUT2D eigenvalue weighted by Crippen LogP contribution is 2.27. The van der Waals surface area contributed by atoms with Gasteiger partial charge in [-0.15, -0.1) is 0 Å². The predicted molar refractivity (Wildman–Crippen MR) is 89.5 cm³/mol. The first-order chi connectivity index (χ1) is 10.2. The standard InChI is InChI=1S/C17H26BrNO2/c1-13(2)19-11-17(15-5-3-4-6-16(15)18)21-12-14-7-9-20-10-8-14/h3-6,13-14,17,19H,7-12H2,1-2H3. The van der Waals surface area contributed by atoms with E-state index in [4.69, 9.17) is 9.47 Å². The van der Waals surface area contributed by atoms with Crippen LogP contribution in [0.25, 0.3) is 0 Å². The molecule has 1 heterocycles. The summed E-state index contributed by atoms with van der Waals surface area (Å²) < 4.78 is 12.8. The average molecular weight is 356 g/mol. The number of halogens is 1. The van der Waals surface area contributed by atoms with Gasteiger partial charge in [0.15, 0.2) is 0 Å². The number of ether oxygens (including phenoxy) is 2. The summed E-state index contributed by atoms with van der Waals surface area (Å²) >= 11 is 3.64. The molecule has 1 aliphatic heterocycles. The van der Waals surface area contributed by atoms with Crippen LogP contribution in [0.2, 0.25) is 0 Å². The molecule has 1 aromatic rings. The lowest BCUT2D eigenvalue weighted by molar-refractivity contribution is -0.0121. The molecule has 0 saturated carbocycles. The van der Waals surface area contributed by atoms with Gasteiger partial charge in [-0.2, -0.15) is 0 Å². The molecular weight excluding hydrogens is 330 g/mol. The summed E-state index contributed by atoms with van der Waals surface area (Å²) in [6, 6.07) is 8.79. The molecule has 4 heteroatoms. The topological polar surface area (TPSA) is 30.5 Å². The summed E-state index contributed by atoms with van der Waals surface area (Å²) in [4.78, 5) is 0. The summed E-state index contributed by atoms with van der Waals surface area (Å²) in [5.74, 6) is 0.628. The minimum atomic E-state index is 0.0887. The Morgan fingerprint density at radius 3 is 2.67 bits per heavy atom. The van der Waals surface area contributed by atoms with Gasteiger partial charge < -0.3 is 14.8 Å². The quantitative estimate of drug-likeness (QED) is 0.803. The van der Waals surface area contributed by atoms with Crippen molar-refractivity contribution in [3.63, 3.8) is 0 Å². The van der Waals surface area contributed by atoms with Crippen LogP contribution in [0.15, 0.2) is 28.7 Å². The van der Waals surface area contributed by atoms with Gasteiger partial charge in [0.1, 0.15) is 0 Å². The highest BCUT2D eigenvalue weighted by Gasteiger charge is 2.19. The minimum absolute atomic E-state index is 0.0887. The number of benzene rings is 1. The second kappa shape index (κ2) is 8.89. The van der Waals surface area contributed by atoms with Gasteiger partial charge >= 0.3 is 0 Å². The lowest BCUT2D eigenvalue weighted by atomic mass is 10.0. The maximum Gasteiger partial charge on any atom is 0.0960 e. The zero-order chi connectivity index (χ0) is 15.1. The maximum absolute atomic E-state index is 6.25. The molecule has 2 rings (SSSR count). The predicted octanol–water partition coefficient (Wildman–Crippen LogP) is 3.93. The van der Waals surface area contributed by atoms with E-state index in [1.165, 1.54) is 5.56 Å². The van der Waals surface area contributed by atoms with E-state index in [9.17, 15) is 0 Å². The van der Waals surface area contributed by atoms with E-state index >= 15 is 0 Å². The number of nitrogens with one attached hydrogen (secondary N) is 1. The Balaban J connectivity index is 1.96. The van der Waals surface area contributed by atoms with E-state index in [1.54, 1.807) is 0 Å². The molecule has 1 N–H and O–H groups in total. The van der Waals surface area contributed by atoms with Crippen LogP contribution in [0, 0.1) is 5.92 Å². The first-order valence-corrected chi connectivity index (χ1v) is 8.63. The summed E-state index contributed by atoms with van der Waals surface area (Å²) in [7, 11) is 0. The van der Waals surface area contributed by atoms with Crippen molar-refractivity contribution in [3.8, 4) is 0 Å². The summed E-state index contributed by atoms with van der Waals surface area (Å²) in [6.07, 6.45) is 2.31. The Bertz CT molecular complexity index is 419. The molecule has 0 radical (unpaired) electrons. The minimum Gasteiger partial charge on any atom is -0.381 e. The van der Waals surface area contributed by atoms with Crippen LogP contribution in [-0.2, 0) is 9.47 Å². The van der Waals surface area contributed by atoms with Crippen LogP contribution in [0.3, 0.4) is 0 Å². The zero-order valence-corrected chi connectivity index (χ0v) is 14.6. The van der Waals surface area contributed by atoms with Crippen molar-refractivity contribution in [1.29, 1.82) is 0 Å². The van der Waals surface area contributed by atoms with Gasteiger partial charge in [0.25, 0.3) is 0 Å². The highest BCUT2D eigenvalue weighted by molar-refractivity contribution is 9.10. The van der Waals surface area contributed by atoms with E-state index < -0.39 is 0 Å². The first kappa shape index (κ1) is 16.9. The van der Waals surface area contributed by atoms with Gasteiger partial charge in [0, 0.05) is 30.3 Å². The van der Waals surface area contributed by atoms with Crippen molar-refractivity contribution < 1.29 is 9.47 Å². The van der Waals surface area contributed by atoms with Crippen molar-refractivity contribution in [2.24, 2.45) is 5.92 Å². The largest absolute Gasteiger partial charge is 0.381 e. The van der Waals surface area contributed by atoms with Gasteiger partial charge in [-0.1, -0.05) is 48.0 Å². The molecule has 0 aromatic heterocycles. The van der Waals surface area contributed by atoms with Crippen LogP contribution >= 0.6 is 15.9 Å². The molecule has 1 atom stereocenters. The molecule has 1 unspecified atom stereocenters. The Hall–Kier alpha value is -0.420. The second-order valence-electron chi connectivity index (χ2n) is 5.96. The van der Waals surface area contributed by atoms with Gasteiger partial charge in [-0.05, 0) is 30.4 Å². The lowest BCUT2D eigenvalue weighted by Gasteiger charge is -2.26. The van der Waals surface area contributed by atoms with E-state index in [0.717, 1.165) is 43.7 Å². The summed E-state index contributed by atoms with van der Waals surface area (Å²) in [5, 5.41) is 3.49. The zero-order valence-electron chi connectivity index (χ0n) is 13.0. The summed E-state index contributed by atoms with van der Waals surface area (Å²) in [6.45, 7) is 7.72. The molecule has 1 aromatic carbocycles. The highest BCUT2D eigenvalue weighted by atomic mass is 79.9. The number of hydrogen-bond donors (Lipinski definition) is 1. The Labute approximate surface area is 136 Å². The molecule has 0 aliphatic carbocycles. The van der Waals surface area contributed by atoms with E-state index in [0.29, 0.717) is 12.0 Å². The second-order valence-corrected chi connectivity index (χ2v) is 6.82. The van der Waals surface area contributed by atoms with Crippen LogP contribution in [0.4, 0.5) is 0 Å². The summed E-state index contributed by atoms with van der Waals surface area (Å²) in [5.41, 5.74) is 1.22. The molecule has 0 amide bonds. The van der Waals surface area contributed by atoms with Gasteiger partial charge in [-0.3, -0.25) is 0 Å². The van der Waals surface area contributed by atoms with Crippen molar-refractivity contribution in [2.45, 2.75) is 38.8 Å². The molecule has 0 spiro atoms. The third-order valence-corrected chi connectivity index (χ3v) is 4.56. The lowest BCUT2D eigenvalue weighted by Crippen LogP contribution is -2.30. The van der Waals surface area contributed by atoms with Gasteiger partial charge in [0.2, 0.25) is 0 Å². The van der Waals surface area contributed by atoms with Gasteiger partial charge in [-0.25, -0.2) is 0 Å². The Morgan fingerprint density at radius 1 is 1.29 bits per heavy atom. The Morgan fingerprint density at radius 2 is 2.00 bits per heavy atom. The average Bonchev–Trinajstić information content (AvgIpc) is 2.49. The fourth-order valence-corrected chi connectivity index (χ4v) is 3.04. The molecule has 1 saturated heterocycles. The fraction of sp³-hybridized carbons (Fsp3) is 0.647. The molecule has 1 aliphatic rings. The normalized spacial score (nSPS) is 18.1. The third kappa shape index (κ3) is 5.70. The van der Waals surface area contributed by atoms with Crippen LogP contribution in [0.1, 0.15) is 38.4 Å². The number of hydrogen-bond acceptors (Lipinski definition) is 3. The van der Waals surface area contributed by atoms with Crippen LogP contribution in [-0.4, -0.2) is 32.4 Å². The monoisotopic (exact) mass is 355 g/mol. The Kier molecular flexibility index (Phi) is 7.17. The molecule has 118 valence electrons. The first-order valence-electron chi connectivity index (χ1n) is 7.84. The molecular formula is C17H26BrNO2. The van der Waals surface area contributed by atoms with E-state index in [1.807, 2.05) is 6.07 Å².